The Morgan fingerprint density at radius 1 is 1.28 bits per heavy atom. The minimum atomic E-state index is -2.98. The summed E-state index contributed by atoms with van der Waals surface area (Å²) in [5.74, 6) is 1.59. The number of nitrogens with two attached hydrogens (primary N) is 2. The number of nitrogens with zero attached hydrogens (tertiary/aromatic N) is 2. The zero-order chi connectivity index (χ0) is 22.2. The summed E-state index contributed by atoms with van der Waals surface area (Å²) in [6, 6.07) is 2.63. The molecule has 0 aromatic carbocycles. The second-order valence-electron chi connectivity index (χ2n) is 9.53. The van der Waals surface area contributed by atoms with Crippen LogP contribution in [0.2, 0.25) is 0 Å². The predicted molar refractivity (Wildman–Crippen MR) is 116 cm³/mol. The van der Waals surface area contributed by atoms with E-state index in [-0.39, 0.29) is 17.3 Å². The van der Waals surface area contributed by atoms with Gasteiger partial charge in [-0.05, 0) is 50.0 Å². The summed E-state index contributed by atoms with van der Waals surface area (Å²) >= 11 is 0. The Labute approximate surface area is 186 Å². The van der Waals surface area contributed by atoms with Crippen molar-refractivity contribution in [3.05, 3.63) is 29.6 Å². The first-order valence-electron chi connectivity index (χ1n) is 11.7. The standard InChI is InChI=1S/C23H31F2N5O2/c24-23(25)32-20-8-13(12-28-22(20)27)18(26)11-19(29-14-2-1-3-14)21-16-9-15(10-17(16)21)30-4-6-31-7-5-30/h8,11-12,14-17,21,23,26,29H,1-7,9-10H2,(H2,27,28)/p+1. The number of aromatic nitrogens is 1. The van der Waals surface area contributed by atoms with Crippen molar-refractivity contribution < 1.29 is 23.6 Å². The molecule has 2 heterocycles. The van der Waals surface area contributed by atoms with Gasteiger partial charge in [-0.15, -0.1) is 0 Å². The number of quaternary nitrogens is 1. The van der Waals surface area contributed by atoms with Crippen molar-refractivity contribution in [1.29, 1.82) is 5.41 Å². The molecule has 1 aromatic rings. The van der Waals surface area contributed by atoms with Gasteiger partial charge in [0.15, 0.2) is 11.6 Å². The number of allylic oxidation sites excluding steroid dienone is 2. The molecule has 7 nitrogen and oxygen atoms in total. The van der Waals surface area contributed by atoms with Gasteiger partial charge in [-0.3, -0.25) is 10.3 Å². The van der Waals surface area contributed by atoms with Gasteiger partial charge in [0.25, 0.3) is 0 Å². The predicted octanol–water partition coefficient (Wildman–Crippen LogP) is 1.99. The minimum absolute atomic E-state index is 0.0991. The fraction of sp³-hybridized carbons (Fsp3) is 0.652. The Hall–Kier alpha value is -2.10. The van der Waals surface area contributed by atoms with E-state index in [1.807, 2.05) is 6.08 Å². The Morgan fingerprint density at radius 3 is 2.62 bits per heavy atom. The smallest absolute Gasteiger partial charge is 0.387 e. The molecule has 3 saturated carbocycles. The van der Waals surface area contributed by atoms with E-state index in [0.717, 1.165) is 26.3 Å². The van der Waals surface area contributed by atoms with Crippen LogP contribution >= 0.6 is 0 Å². The molecule has 1 aromatic heterocycles. The lowest BCUT2D eigenvalue weighted by atomic mass is 9.91. The van der Waals surface area contributed by atoms with Gasteiger partial charge in [-0.25, -0.2) is 4.98 Å². The highest BCUT2D eigenvalue weighted by molar-refractivity contribution is 6.07. The first-order valence-corrected chi connectivity index (χ1v) is 11.7. The number of fused-ring (bicyclic) bond motifs is 1. The highest BCUT2D eigenvalue weighted by Crippen LogP contribution is 2.60. The number of nitrogen functional groups attached to an aromatic ring is 1. The van der Waals surface area contributed by atoms with Crippen LogP contribution in [-0.2, 0) is 4.74 Å². The zero-order valence-electron chi connectivity index (χ0n) is 18.2. The fourth-order valence-electron chi connectivity index (χ4n) is 5.72. The molecule has 4 fully saturated rings. The van der Waals surface area contributed by atoms with Gasteiger partial charge in [-0.1, -0.05) is 0 Å². The highest BCUT2D eigenvalue weighted by Gasteiger charge is 2.60. The molecular weight excluding hydrogens is 416 g/mol. The number of morpholine rings is 1. The van der Waals surface area contributed by atoms with Crippen molar-refractivity contribution in [3.8, 4) is 5.75 Å². The molecule has 174 valence electrons. The van der Waals surface area contributed by atoms with E-state index in [9.17, 15) is 8.78 Å². The van der Waals surface area contributed by atoms with Gasteiger partial charge in [0.05, 0.1) is 25.0 Å². The van der Waals surface area contributed by atoms with Crippen LogP contribution in [0.25, 0.3) is 0 Å². The summed E-state index contributed by atoms with van der Waals surface area (Å²) in [4.78, 5) is 6.53. The molecule has 2 unspecified atom stereocenters. The molecule has 2 atom stereocenters. The lowest BCUT2D eigenvalue weighted by molar-refractivity contribution is -0.658. The number of ether oxygens (including phenoxy) is 2. The maximum atomic E-state index is 12.7. The monoisotopic (exact) mass is 448 g/mol. The third-order valence-corrected chi connectivity index (χ3v) is 7.66. The molecule has 5 N–H and O–H groups in total. The molecule has 1 saturated heterocycles. The Kier molecular flexibility index (Phi) is 6.14. The van der Waals surface area contributed by atoms with Crippen LogP contribution in [0.15, 0.2) is 24.0 Å². The molecular formula is C23H32F2N5O2+. The number of hydrogen-bond acceptors (Lipinski definition) is 6. The number of hydrogen-bond donors (Lipinski definition) is 3. The zero-order valence-corrected chi connectivity index (χ0v) is 18.2. The lowest BCUT2D eigenvalue weighted by Gasteiger charge is -2.33. The molecule has 4 aliphatic rings. The summed E-state index contributed by atoms with van der Waals surface area (Å²) in [7, 11) is 0. The topological polar surface area (TPSA) is 101 Å². The van der Waals surface area contributed by atoms with Gasteiger partial charge in [0.1, 0.15) is 5.70 Å². The van der Waals surface area contributed by atoms with Crippen molar-refractivity contribution in [2.45, 2.75) is 50.8 Å². The number of anilines is 1. The first-order chi connectivity index (χ1) is 15.5. The van der Waals surface area contributed by atoms with Crippen LogP contribution in [0.1, 0.15) is 37.7 Å². The maximum absolute atomic E-state index is 12.7. The number of halogens is 2. The molecule has 3 aliphatic carbocycles. The molecule has 1 aliphatic heterocycles. The Morgan fingerprint density at radius 2 is 2.00 bits per heavy atom. The molecule has 0 spiro atoms. The average molecular weight is 449 g/mol. The summed E-state index contributed by atoms with van der Waals surface area (Å²) in [5.41, 5.74) is 7.59. The van der Waals surface area contributed by atoms with Crippen molar-refractivity contribution in [3.63, 3.8) is 0 Å². The van der Waals surface area contributed by atoms with Crippen molar-refractivity contribution in [2.75, 3.05) is 32.0 Å². The molecule has 0 radical (unpaired) electrons. The van der Waals surface area contributed by atoms with Crippen molar-refractivity contribution >= 4 is 11.5 Å². The van der Waals surface area contributed by atoms with E-state index in [1.165, 1.54) is 50.1 Å². The molecule has 9 heteroatoms. The number of pyridine rings is 1. The molecule has 32 heavy (non-hydrogen) atoms. The van der Waals surface area contributed by atoms with Crippen LogP contribution in [0.3, 0.4) is 0 Å². The van der Waals surface area contributed by atoms with E-state index < -0.39 is 6.61 Å². The molecule has 0 amide bonds. The van der Waals surface area contributed by atoms with Gasteiger partial charge >= 0.3 is 6.61 Å². The van der Waals surface area contributed by atoms with Gasteiger partial charge in [0, 0.05) is 42.9 Å². The summed E-state index contributed by atoms with van der Waals surface area (Å²) in [6.07, 6.45) is 9.49. The second kappa shape index (κ2) is 9.03. The largest absolute Gasteiger partial charge is 0.431 e. The van der Waals surface area contributed by atoms with Crippen LogP contribution < -0.4 is 15.8 Å². The SMILES string of the molecule is N=C(C=C([NH2+]C1CCC1)C1C2CC(N3CCOCC3)CC21)c1cnc(N)c(OC(F)F)c1. The maximum Gasteiger partial charge on any atom is 0.387 e. The van der Waals surface area contributed by atoms with Crippen LogP contribution in [0, 0.1) is 23.2 Å². The number of alkyl halides is 2. The van der Waals surface area contributed by atoms with E-state index in [1.54, 1.807) is 0 Å². The van der Waals surface area contributed by atoms with E-state index in [4.69, 9.17) is 15.9 Å². The van der Waals surface area contributed by atoms with Crippen LogP contribution in [0.4, 0.5) is 14.6 Å². The second-order valence-corrected chi connectivity index (χ2v) is 9.53. The van der Waals surface area contributed by atoms with Crippen LogP contribution in [-0.4, -0.2) is 60.6 Å². The van der Waals surface area contributed by atoms with E-state index in [2.05, 4.69) is 19.9 Å². The number of rotatable bonds is 8. The van der Waals surface area contributed by atoms with E-state index in [0.29, 0.717) is 35.4 Å². The van der Waals surface area contributed by atoms with Crippen LogP contribution in [0.5, 0.6) is 5.75 Å². The first kappa shape index (κ1) is 21.7. The van der Waals surface area contributed by atoms with Crippen molar-refractivity contribution in [2.24, 2.45) is 17.8 Å². The van der Waals surface area contributed by atoms with Crippen molar-refractivity contribution in [1.82, 2.24) is 9.88 Å². The average Bonchev–Trinajstić information content (AvgIpc) is 3.23. The fourth-order valence-corrected chi connectivity index (χ4v) is 5.72. The third kappa shape index (κ3) is 4.51. The highest BCUT2D eigenvalue weighted by atomic mass is 19.3. The summed E-state index contributed by atoms with van der Waals surface area (Å²) in [5, 5.41) is 11.0. The molecule has 0 bridgehead atoms. The van der Waals surface area contributed by atoms with Gasteiger partial charge in [-0.2, -0.15) is 8.78 Å². The molecule has 5 rings (SSSR count). The van der Waals surface area contributed by atoms with Gasteiger partial charge < -0.3 is 20.5 Å². The normalized spacial score (nSPS) is 30.8. The van der Waals surface area contributed by atoms with E-state index >= 15 is 0 Å². The number of nitrogens with one attached hydrogen (secondary N) is 1. The lowest BCUT2D eigenvalue weighted by Crippen LogP contribution is -2.90. The summed E-state index contributed by atoms with van der Waals surface area (Å²) in [6.45, 7) is 0.749. The van der Waals surface area contributed by atoms with Gasteiger partial charge in [0.2, 0.25) is 0 Å². The minimum Gasteiger partial charge on any atom is -0.431 e. The Bertz CT molecular complexity index is 873. The Balaban J connectivity index is 1.29. The third-order valence-electron chi connectivity index (χ3n) is 7.66. The summed E-state index contributed by atoms with van der Waals surface area (Å²) < 4.78 is 35.3. The quantitative estimate of drug-likeness (QED) is 0.528.